The fourth-order valence-corrected chi connectivity index (χ4v) is 3.91. The molecule has 1 aliphatic heterocycles. The fourth-order valence-electron chi connectivity index (χ4n) is 3.57. The topological polar surface area (TPSA) is 58.6 Å². The van der Waals surface area contributed by atoms with E-state index < -0.39 is 0 Å². The maximum atomic E-state index is 12.7. The van der Waals surface area contributed by atoms with Gasteiger partial charge in [0, 0.05) is 16.9 Å². The summed E-state index contributed by atoms with van der Waals surface area (Å²) in [6.07, 6.45) is 0. The molecule has 1 aliphatic rings. The van der Waals surface area contributed by atoms with E-state index >= 15 is 0 Å². The molecule has 152 valence electrons. The minimum Gasteiger partial charge on any atom is -0.482 e. The van der Waals surface area contributed by atoms with Crippen molar-refractivity contribution >= 4 is 33.4 Å². The van der Waals surface area contributed by atoms with Crippen molar-refractivity contribution in [3.8, 4) is 5.75 Å². The van der Waals surface area contributed by atoms with Gasteiger partial charge >= 0.3 is 0 Å². The number of ether oxygens (including phenoxy) is 1. The Kier molecular flexibility index (Phi) is 6.14. The molecule has 0 aliphatic carbocycles. The van der Waals surface area contributed by atoms with Crippen LogP contribution < -0.4 is 15.0 Å². The van der Waals surface area contributed by atoms with Gasteiger partial charge in [-0.3, -0.25) is 14.5 Å². The Morgan fingerprint density at radius 2 is 1.63 bits per heavy atom. The molecule has 30 heavy (non-hydrogen) atoms. The molecule has 4 rings (SSSR count). The monoisotopic (exact) mass is 464 g/mol. The van der Waals surface area contributed by atoms with Gasteiger partial charge in [-0.15, -0.1) is 0 Å². The Morgan fingerprint density at radius 3 is 2.27 bits per heavy atom. The van der Waals surface area contributed by atoms with Crippen LogP contribution in [0.2, 0.25) is 0 Å². The highest BCUT2D eigenvalue weighted by Gasteiger charge is 2.27. The third-order valence-electron chi connectivity index (χ3n) is 5.07. The van der Waals surface area contributed by atoms with E-state index in [0.717, 1.165) is 15.6 Å². The summed E-state index contributed by atoms with van der Waals surface area (Å²) >= 11 is 3.40. The highest BCUT2D eigenvalue weighted by molar-refractivity contribution is 9.10. The number of amides is 2. The van der Waals surface area contributed by atoms with Gasteiger partial charge in [-0.2, -0.15) is 0 Å². The maximum Gasteiger partial charge on any atom is 0.265 e. The van der Waals surface area contributed by atoms with Crippen molar-refractivity contribution in [2.24, 2.45) is 0 Å². The molecule has 0 aromatic heterocycles. The van der Waals surface area contributed by atoms with Crippen molar-refractivity contribution in [3.05, 3.63) is 94.5 Å². The first kappa shape index (κ1) is 20.2. The second-order valence-electron chi connectivity index (χ2n) is 7.06. The van der Waals surface area contributed by atoms with E-state index in [1.165, 1.54) is 4.90 Å². The second kappa shape index (κ2) is 9.13. The molecule has 1 heterocycles. The van der Waals surface area contributed by atoms with Crippen LogP contribution in [-0.4, -0.2) is 31.5 Å². The zero-order valence-electron chi connectivity index (χ0n) is 16.3. The molecular weight excluding hydrogens is 444 g/mol. The molecule has 0 spiro atoms. The molecule has 1 N–H and O–H groups in total. The molecule has 3 aromatic rings. The van der Waals surface area contributed by atoms with Crippen LogP contribution in [0.4, 0.5) is 5.69 Å². The van der Waals surface area contributed by atoms with Gasteiger partial charge in [-0.1, -0.05) is 76.6 Å². The Labute approximate surface area is 183 Å². The van der Waals surface area contributed by atoms with Gasteiger partial charge in [0.15, 0.2) is 6.61 Å². The quantitative estimate of drug-likeness (QED) is 0.596. The summed E-state index contributed by atoms with van der Waals surface area (Å²) < 4.78 is 6.34. The average Bonchev–Trinajstić information content (AvgIpc) is 2.77. The number of nitrogens with one attached hydrogen (secondary N) is 1. The maximum absolute atomic E-state index is 12.7. The number of benzene rings is 3. The minimum absolute atomic E-state index is 0.0278. The summed E-state index contributed by atoms with van der Waals surface area (Å²) in [7, 11) is 0. The lowest BCUT2D eigenvalue weighted by molar-refractivity contribution is -0.125. The van der Waals surface area contributed by atoms with Crippen molar-refractivity contribution in [2.45, 2.75) is 5.92 Å². The zero-order chi connectivity index (χ0) is 20.9. The van der Waals surface area contributed by atoms with Gasteiger partial charge in [0.2, 0.25) is 5.91 Å². The third kappa shape index (κ3) is 4.54. The molecule has 0 atom stereocenters. The van der Waals surface area contributed by atoms with E-state index in [-0.39, 0.29) is 30.9 Å². The van der Waals surface area contributed by atoms with Crippen molar-refractivity contribution in [3.63, 3.8) is 0 Å². The number of nitrogens with zero attached hydrogens (tertiary/aromatic N) is 1. The summed E-state index contributed by atoms with van der Waals surface area (Å²) in [5.74, 6) is 0.168. The van der Waals surface area contributed by atoms with Crippen LogP contribution >= 0.6 is 15.9 Å². The predicted octanol–water partition coefficient (Wildman–Crippen LogP) is 4.12. The van der Waals surface area contributed by atoms with Crippen molar-refractivity contribution in [1.29, 1.82) is 0 Å². The van der Waals surface area contributed by atoms with Crippen LogP contribution in [0.5, 0.6) is 5.75 Å². The predicted molar refractivity (Wildman–Crippen MR) is 120 cm³/mol. The van der Waals surface area contributed by atoms with Crippen LogP contribution in [0, 0.1) is 0 Å². The fraction of sp³-hybridized carbons (Fsp3) is 0.167. The number of carbonyl (C=O) groups is 2. The number of hydrogen-bond donors (Lipinski definition) is 1. The molecule has 0 radical (unpaired) electrons. The lowest BCUT2D eigenvalue weighted by atomic mass is 9.91. The smallest absolute Gasteiger partial charge is 0.265 e. The third-order valence-corrected chi connectivity index (χ3v) is 5.57. The Morgan fingerprint density at radius 1 is 1.00 bits per heavy atom. The van der Waals surface area contributed by atoms with Crippen LogP contribution in [0.1, 0.15) is 17.0 Å². The summed E-state index contributed by atoms with van der Waals surface area (Å²) in [5, 5.41) is 3.01. The first-order valence-corrected chi connectivity index (χ1v) is 10.5. The average molecular weight is 465 g/mol. The summed E-state index contributed by atoms with van der Waals surface area (Å²) in [6.45, 7) is 0.319. The molecule has 0 unspecified atom stereocenters. The number of fused-ring (bicyclic) bond motifs is 1. The molecule has 2 amide bonds. The SMILES string of the molecule is O=C(CN1C(=O)COc2cc(Br)ccc21)NCC(c1ccccc1)c1ccccc1. The van der Waals surface area contributed by atoms with Crippen molar-refractivity contribution in [2.75, 3.05) is 24.6 Å². The van der Waals surface area contributed by atoms with Gasteiger partial charge in [0.1, 0.15) is 12.3 Å². The van der Waals surface area contributed by atoms with Crippen LogP contribution in [0.15, 0.2) is 83.3 Å². The number of rotatable bonds is 6. The van der Waals surface area contributed by atoms with Crippen LogP contribution in [-0.2, 0) is 9.59 Å². The number of carbonyl (C=O) groups excluding carboxylic acids is 2. The van der Waals surface area contributed by atoms with E-state index in [4.69, 9.17) is 4.74 Å². The lowest BCUT2D eigenvalue weighted by Crippen LogP contribution is -2.45. The summed E-state index contributed by atoms with van der Waals surface area (Å²) in [6, 6.07) is 25.6. The molecular formula is C24H21BrN2O3. The molecule has 5 nitrogen and oxygen atoms in total. The van der Waals surface area contributed by atoms with E-state index in [2.05, 4.69) is 45.5 Å². The zero-order valence-corrected chi connectivity index (χ0v) is 17.8. The first-order valence-electron chi connectivity index (χ1n) is 9.71. The van der Waals surface area contributed by atoms with Crippen LogP contribution in [0.25, 0.3) is 0 Å². The molecule has 6 heteroatoms. The summed E-state index contributed by atoms with van der Waals surface area (Å²) in [4.78, 5) is 26.6. The molecule has 0 fully saturated rings. The second-order valence-corrected chi connectivity index (χ2v) is 7.97. The largest absolute Gasteiger partial charge is 0.482 e. The number of halogens is 1. The van der Waals surface area contributed by atoms with E-state index in [9.17, 15) is 9.59 Å². The highest BCUT2D eigenvalue weighted by Crippen LogP contribution is 2.34. The van der Waals surface area contributed by atoms with Crippen LogP contribution in [0.3, 0.4) is 0 Å². The molecule has 3 aromatic carbocycles. The van der Waals surface area contributed by atoms with Gasteiger partial charge < -0.3 is 10.1 Å². The van der Waals surface area contributed by atoms with Crippen molar-refractivity contribution < 1.29 is 14.3 Å². The van der Waals surface area contributed by atoms with E-state index in [1.54, 1.807) is 12.1 Å². The van der Waals surface area contributed by atoms with Gasteiger partial charge in [0.05, 0.1) is 5.69 Å². The molecule has 0 saturated heterocycles. The van der Waals surface area contributed by atoms with E-state index in [0.29, 0.717) is 18.0 Å². The highest BCUT2D eigenvalue weighted by atomic mass is 79.9. The Balaban J connectivity index is 1.48. The minimum atomic E-state index is -0.234. The summed E-state index contributed by atoms with van der Waals surface area (Å²) in [5.41, 5.74) is 2.86. The molecule has 0 saturated carbocycles. The van der Waals surface area contributed by atoms with Gasteiger partial charge in [-0.25, -0.2) is 0 Å². The molecule has 0 bridgehead atoms. The van der Waals surface area contributed by atoms with Crippen molar-refractivity contribution in [1.82, 2.24) is 5.32 Å². The lowest BCUT2D eigenvalue weighted by Gasteiger charge is -2.29. The standard InChI is InChI=1S/C24H21BrN2O3/c25-19-11-12-21-22(13-19)30-16-24(29)27(21)15-23(28)26-14-20(17-7-3-1-4-8-17)18-9-5-2-6-10-18/h1-13,20H,14-16H2,(H,26,28). The van der Waals surface area contributed by atoms with E-state index in [1.807, 2.05) is 42.5 Å². The number of anilines is 1. The first-order chi connectivity index (χ1) is 14.6. The Bertz CT molecular complexity index is 1000. The Hall–Kier alpha value is -3.12. The van der Waals surface area contributed by atoms with Gasteiger partial charge in [0.25, 0.3) is 5.91 Å². The number of hydrogen-bond acceptors (Lipinski definition) is 3. The normalized spacial score (nSPS) is 13.0. The van der Waals surface area contributed by atoms with Gasteiger partial charge in [-0.05, 0) is 29.3 Å².